The molecule has 0 amide bonds. The van der Waals surface area contributed by atoms with Crippen LogP contribution >= 0.6 is 0 Å². The van der Waals surface area contributed by atoms with Gasteiger partial charge in [0.2, 0.25) is 22.8 Å². The molecule has 4 aromatic heterocycles. The Labute approximate surface area is 422 Å². The van der Waals surface area contributed by atoms with E-state index in [1.807, 2.05) is 138 Å². The van der Waals surface area contributed by atoms with Gasteiger partial charge in [0.05, 0.1) is 0 Å². The van der Waals surface area contributed by atoms with Gasteiger partial charge in [-0.1, -0.05) is 113 Å². The van der Waals surface area contributed by atoms with Crippen LogP contribution in [0.2, 0.25) is 0 Å². The van der Waals surface area contributed by atoms with Crippen LogP contribution < -0.4 is 18.3 Å². The van der Waals surface area contributed by atoms with Crippen LogP contribution in [0.4, 0.5) is 0 Å². The predicted octanol–water partition coefficient (Wildman–Crippen LogP) is 13.9. The minimum Gasteiger partial charge on any atom is -0.201 e. The van der Waals surface area contributed by atoms with E-state index in [1.165, 1.54) is 51.6 Å². The highest BCUT2D eigenvalue weighted by Gasteiger charge is 2.16. The standard InChI is InChI=1S/C18H24N.2C16H20N.C14H16N/c1-14(2)9-10-16-11-12-18(19(4)13-16)17-8-6-5-7-15(17)3;1-12(2)14-9-10-17(4)16(11-14)15-8-6-5-7-13(15)3;1-4-7-14-10-11-16(17(3)12-14)15-9-6-5-8-13(15)2;1-11-7-8-13(12(2)10-11)14-6-4-5-9-15(14)3/h5-8,11-14H,9-10H2,1-4H3;5-12H,1-4H3;5-6,8-12H,4,7H2,1-3H3;4-10H,1-3H3/q4*+1/i9D2;1D3,12D;4D2;. The van der Waals surface area contributed by atoms with E-state index in [0.717, 1.165) is 39.3 Å². The SMILES string of the molecule is Cc1ccc(-c2cccc[n+]2C)c(C)c1.[2H]C([2H])(C)Cc1ccc(-c2ccccc2C)[n+](C)c1.[2H]C([2H])(Cc1ccc(-c2ccccc2C)[n+](C)c1)C(C)C.[2H]C([2H])([2H])C([2H])(C)c1cc[n+](C)c(-c2ccccc2C)c1. The lowest BCUT2D eigenvalue weighted by molar-refractivity contribution is -0.661. The van der Waals surface area contributed by atoms with Gasteiger partial charge < -0.3 is 0 Å². The quantitative estimate of drug-likeness (QED) is 0.122. The molecule has 0 bridgehead atoms. The molecule has 4 aromatic carbocycles. The van der Waals surface area contributed by atoms with Crippen molar-refractivity contribution in [3.8, 4) is 45.0 Å². The summed E-state index contributed by atoms with van der Waals surface area (Å²) in [7, 11) is 8.03. The van der Waals surface area contributed by atoms with Crippen molar-refractivity contribution < 1.29 is 29.2 Å². The molecule has 0 aliphatic heterocycles. The van der Waals surface area contributed by atoms with Crippen LogP contribution in [0.25, 0.3) is 45.0 Å². The van der Waals surface area contributed by atoms with Crippen LogP contribution in [0, 0.1) is 40.5 Å². The van der Waals surface area contributed by atoms with Crippen molar-refractivity contribution in [1.29, 1.82) is 0 Å². The molecular weight excluding hydrogens is 825 g/mol. The number of hydrogen-bond acceptors (Lipinski definition) is 0. The number of pyridine rings is 4. The summed E-state index contributed by atoms with van der Waals surface area (Å²) in [5.41, 5.74) is 18.1. The van der Waals surface area contributed by atoms with E-state index in [1.54, 1.807) is 13.0 Å². The smallest absolute Gasteiger partial charge is 0.201 e. The Bertz CT molecular complexity index is 3230. The molecule has 4 nitrogen and oxygen atoms in total. The fraction of sp³-hybridized carbons (Fsp3) is 0.312. The maximum Gasteiger partial charge on any atom is 0.212 e. The summed E-state index contributed by atoms with van der Waals surface area (Å²) in [5.74, 6) is -1.61. The maximum atomic E-state index is 8.23. The maximum absolute atomic E-state index is 8.23. The molecule has 352 valence electrons. The van der Waals surface area contributed by atoms with Crippen LogP contribution in [0.5, 0.6) is 0 Å². The number of benzene rings is 4. The molecule has 0 spiro atoms. The molecule has 4 heteroatoms. The largest absolute Gasteiger partial charge is 0.212 e. The van der Waals surface area contributed by atoms with Crippen molar-refractivity contribution in [3.05, 3.63) is 215 Å². The Kier molecular flexibility index (Phi) is 15.7. The Hall–Kier alpha value is -6.52. The number of nitrogens with zero attached hydrogens (tertiary/aromatic N) is 4. The first-order valence-electron chi connectivity index (χ1n) is 27.7. The van der Waals surface area contributed by atoms with E-state index >= 15 is 0 Å². The molecule has 0 aliphatic rings. The zero-order valence-corrected chi connectivity index (χ0v) is 42.9. The van der Waals surface area contributed by atoms with Gasteiger partial charge in [-0.15, -0.1) is 0 Å². The summed E-state index contributed by atoms with van der Waals surface area (Å²) in [6.07, 6.45) is 6.51. The fourth-order valence-electron chi connectivity index (χ4n) is 8.18. The van der Waals surface area contributed by atoms with Crippen LogP contribution in [0.3, 0.4) is 0 Å². The molecule has 1 atom stereocenters. The number of rotatable bonds is 10. The first-order valence-corrected chi connectivity index (χ1v) is 23.7. The average Bonchev–Trinajstić information content (AvgIpc) is 3.33. The van der Waals surface area contributed by atoms with Gasteiger partial charge in [-0.05, 0) is 136 Å². The van der Waals surface area contributed by atoms with Crippen molar-refractivity contribution in [1.82, 2.24) is 0 Å². The summed E-state index contributed by atoms with van der Waals surface area (Å²) in [6.45, 7) is 15.1. The second kappa shape index (κ2) is 25.6. The number of hydrogen-bond donors (Lipinski definition) is 0. The number of aromatic nitrogens is 4. The molecule has 0 radical (unpaired) electrons. The van der Waals surface area contributed by atoms with E-state index in [-0.39, 0.29) is 5.92 Å². The van der Waals surface area contributed by atoms with Crippen LogP contribution in [0.1, 0.15) is 109 Å². The van der Waals surface area contributed by atoms with Gasteiger partial charge in [0.15, 0.2) is 24.8 Å². The molecule has 68 heavy (non-hydrogen) atoms. The monoisotopic (exact) mass is 913 g/mol. The van der Waals surface area contributed by atoms with Gasteiger partial charge in [0.1, 0.15) is 28.2 Å². The summed E-state index contributed by atoms with van der Waals surface area (Å²) in [6, 6.07) is 49.2. The molecule has 1 unspecified atom stereocenters. The van der Waals surface area contributed by atoms with Gasteiger partial charge in [-0.25, -0.2) is 18.3 Å². The van der Waals surface area contributed by atoms with E-state index in [2.05, 4.69) is 121 Å². The Morgan fingerprint density at radius 3 is 1.41 bits per heavy atom. The molecule has 0 saturated heterocycles. The van der Waals surface area contributed by atoms with E-state index in [9.17, 15) is 0 Å². The van der Waals surface area contributed by atoms with Crippen molar-refractivity contribution >= 4 is 0 Å². The lowest BCUT2D eigenvalue weighted by Gasteiger charge is -2.08. The van der Waals surface area contributed by atoms with Crippen LogP contribution in [-0.4, -0.2) is 0 Å². The molecule has 0 aliphatic carbocycles. The van der Waals surface area contributed by atoms with Gasteiger partial charge in [-0.2, -0.15) is 0 Å². The third kappa shape index (κ3) is 14.7. The first-order chi connectivity index (χ1) is 35.5. The second-order valence-corrected chi connectivity index (χ2v) is 18.1. The lowest BCUT2D eigenvalue weighted by Crippen LogP contribution is -2.31. The topological polar surface area (TPSA) is 15.5 Å². The summed E-state index contributed by atoms with van der Waals surface area (Å²) in [4.78, 5) is 0. The molecule has 8 aromatic rings. The molecule has 0 fully saturated rings. The van der Waals surface area contributed by atoms with Crippen LogP contribution in [-0.2, 0) is 41.0 Å². The molecular formula is C64H80N4+4. The molecule has 0 N–H and O–H groups in total. The van der Waals surface area contributed by atoms with E-state index in [0.29, 0.717) is 18.4 Å². The van der Waals surface area contributed by atoms with Crippen molar-refractivity contribution in [2.75, 3.05) is 0 Å². The van der Waals surface area contributed by atoms with E-state index < -0.39 is 25.5 Å². The van der Waals surface area contributed by atoms with E-state index in [4.69, 9.17) is 11.0 Å². The minimum atomic E-state index is -2.37. The zero-order valence-electron chi connectivity index (χ0n) is 50.9. The van der Waals surface area contributed by atoms with Gasteiger partial charge in [-0.3, -0.25) is 0 Å². The summed E-state index contributed by atoms with van der Waals surface area (Å²) in [5, 5.41) is 0. The minimum absolute atomic E-state index is 0.0128. The molecule has 8 rings (SSSR count). The van der Waals surface area contributed by atoms with Crippen molar-refractivity contribution in [2.24, 2.45) is 34.1 Å². The second-order valence-electron chi connectivity index (χ2n) is 18.1. The first kappa shape index (κ1) is 41.7. The highest BCUT2D eigenvalue weighted by atomic mass is 14.9. The van der Waals surface area contributed by atoms with Crippen molar-refractivity contribution in [3.63, 3.8) is 0 Å². The number of aryl methyl sites for hydroxylation is 11. The Morgan fingerprint density at radius 1 is 0.471 bits per heavy atom. The van der Waals surface area contributed by atoms with Gasteiger partial charge in [0.25, 0.3) is 0 Å². The zero-order chi connectivity index (χ0) is 56.3. The fourth-order valence-corrected chi connectivity index (χ4v) is 8.18. The Morgan fingerprint density at radius 2 is 0.941 bits per heavy atom. The molecule has 0 saturated carbocycles. The highest BCUT2D eigenvalue weighted by molar-refractivity contribution is 5.63. The third-order valence-corrected chi connectivity index (χ3v) is 12.0. The lowest BCUT2D eigenvalue weighted by atomic mass is 9.99. The highest BCUT2D eigenvalue weighted by Crippen LogP contribution is 2.25. The predicted molar refractivity (Wildman–Crippen MR) is 287 cm³/mol. The third-order valence-electron chi connectivity index (χ3n) is 12.0. The average molecular weight is 913 g/mol. The van der Waals surface area contributed by atoms with Crippen molar-refractivity contribution in [2.45, 2.75) is 101 Å². The summed E-state index contributed by atoms with van der Waals surface area (Å²) < 4.78 is 70.7. The van der Waals surface area contributed by atoms with Crippen LogP contribution in [0.15, 0.2) is 170 Å². The molecule has 4 heterocycles. The summed E-state index contributed by atoms with van der Waals surface area (Å²) >= 11 is 0. The normalized spacial score (nSPS) is 13.9. The van der Waals surface area contributed by atoms with Gasteiger partial charge in [0, 0.05) is 80.7 Å². The Balaban J connectivity index is 0.000000188. The van der Waals surface area contributed by atoms with Gasteiger partial charge >= 0.3 is 0 Å².